The van der Waals surface area contributed by atoms with Crippen LogP contribution in [0.1, 0.15) is 44.1 Å². The van der Waals surface area contributed by atoms with Crippen molar-refractivity contribution >= 4 is 34.3 Å². The van der Waals surface area contributed by atoms with E-state index in [1.807, 2.05) is 0 Å². The van der Waals surface area contributed by atoms with Crippen LogP contribution in [-0.2, 0) is 9.59 Å². The second kappa shape index (κ2) is 6.47. The SMILES string of the molecule is CC(=O)Nc1nc(C(=O)NC(C)(C)CCC(=O)O)cs1. The molecule has 110 valence electrons. The molecule has 0 unspecified atom stereocenters. The number of aromatic nitrogens is 1. The minimum absolute atomic E-state index is 0.0263. The fourth-order valence-electron chi connectivity index (χ4n) is 1.44. The zero-order valence-corrected chi connectivity index (χ0v) is 12.3. The molecule has 2 amide bonds. The van der Waals surface area contributed by atoms with Gasteiger partial charge in [-0.3, -0.25) is 14.4 Å². The highest BCUT2D eigenvalue weighted by molar-refractivity contribution is 7.14. The molecule has 0 aliphatic heterocycles. The molecule has 0 bridgehead atoms. The molecule has 20 heavy (non-hydrogen) atoms. The summed E-state index contributed by atoms with van der Waals surface area (Å²) >= 11 is 1.15. The molecule has 1 heterocycles. The van der Waals surface area contributed by atoms with Gasteiger partial charge in [-0.05, 0) is 20.3 Å². The minimum Gasteiger partial charge on any atom is -0.481 e. The van der Waals surface area contributed by atoms with Crippen LogP contribution in [0.15, 0.2) is 5.38 Å². The lowest BCUT2D eigenvalue weighted by atomic mass is 9.98. The Morgan fingerprint density at radius 1 is 1.40 bits per heavy atom. The van der Waals surface area contributed by atoms with Crippen LogP contribution >= 0.6 is 11.3 Å². The summed E-state index contributed by atoms with van der Waals surface area (Å²) in [6.07, 6.45) is 0.290. The molecule has 0 aliphatic rings. The molecule has 8 heteroatoms. The highest BCUT2D eigenvalue weighted by atomic mass is 32.1. The number of carbonyl (C=O) groups is 3. The van der Waals surface area contributed by atoms with Crippen molar-refractivity contribution in [2.75, 3.05) is 5.32 Å². The number of carboxylic acid groups (broad SMARTS) is 1. The van der Waals surface area contributed by atoms with Crippen LogP contribution in [0.2, 0.25) is 0 Å². The Morgan fingerprint density at radius 2 is 2.05 bits per heavy atom. The van der Waals surface area contributed by atoms with Crippen molar-refractivity contribution in [2.24, 2.45) is 0 Å². The maximum Gasteiger partial charge on any atom is 0.303 e. The van der Waals surface area contributed by atoms with Gasteiger partial charge >= 0.3 is 5.97 Å². The van der Waals surface area contributed by atoms with Crippen molar-refractivity contribution in [1.82, 2.24) is 10.3 Å². The molecule has 1 aromatic rings. The summed E-state index contributed by atoms with van der Waals surface area (Å²) in [5, 5.41) is 15.8. The first kappa shape index (κ1) is 16.1. The number of anilines is 1. The normalized spacial score (nSPS) is 10.9. The van der Waals surface area contributed by atoms with E-state index in [0.29, 0.717) is 11.6 Å². The summed E-state index contributed by atoms with van der Waals surface area (Å²) in [4.78, 5) is 37.4. The van der Waals surface area contributed by atoms with Crippen LogP contribution in [0.5, 0.6) is 0 Å². The van der Waals surface area contributed by atoms with E-state index in [1.54, 1.807) is 13.8 Å². The molecular formula is C12H17N3O4S. The molecule has 1 aromatic heterocycles. The summed E-state index contributed by atoms with van der Waals surface area (Å²) < 4.78 is 0. The molecule has 0 aliphatic carbocycles. The van der Waals surface area contributed by atoms with Gasteiger partial charge in [-0.1, -0.05) is 0 Å². The third-order valence-corrected chi connectivity index (χ3v) is 3.19. The molecule has 3 N–H and O–H groups in total. The van der Waals surface area contributed by atoms with Crippen LogP contribution < -0.4 is 10.6 Å². The van der Waals surface area contributed by atoms with Gasteiger partial charge in [0.15, 0.2) is 5.13 Å². The summed E-state index contributed by atoms with van der Waals surface area (Å²) in [5.74, 6) is -1.56. The summed E-state index contributed by atoms with van der Waals surface area (Å²) in [5.41, 5.74) is -0.449. The van der Waals surface area contributed by atoms with Gasteiger partial charge in [0.1, 0.15) is 5.69 Å². The highest BCUT2D eigenvalue weighted by Crippen LogP contribution is 2.17. The van der Waals surface area contributed by atoms with Crippen LogP contribution in [0.25, 0.3) is 0 Å². The van der Waals surface area contributed by atoms with Crippen molar-refractivity contribution in [3.63, 3.8) is 0 Å². The number of hydrogen-bond donors (Lipinski definition) is 3. The molecule has 0 atom stereocenters. The van der Waals surface area contributed by atoms with Crippen LogP contribution in [-0.4, -0.2) is 33.4 Å². The van der Waals surface area contributed by atoms with Gasteiger partial charge in [-0.25, -0.2) is 4.98 Å². The van der Waals surface area contributed by atoms with E-state index in [1.165, 1.54) is 12.3 Å². The summed E-state index contributed by atoms with van der Waals surface area (Å²) in [6, 6.07) is 0. The monoisotopic (exact) mass is 299 g/mol. The third-order valence-electron chi connectivity index (χ3n) is 2.44. The third kappa shape index (κ3) is 5.35. The predicted molar refractivity (Wildman–Crippen MR) is 74.8 cm³/mol. The average Bonchev–Trinajstić information content (AvgIpc) is 2.73. The molecular weight excluding hydrogens is 282 g/mol. The van der Waals surface area contributed by atoms with Gasteiger partial charge in [-0.2, -0.15) is 0 Å². The van der Waals surface area contributed by atoms with Crippen molar-refractivity contribution in [3.8, 4) is 0 Å². The van der Waals surface area contributed by atoms with Gasteiger partial charge in [0, 0.05) is 24.3 Å². The lowest BCUT2D eigenvalue weighted by Gasteiger charge is -2.25. The number of rotatable bonds is 6. The van der Waals surface area contributed by atoms with Crippen molar-refractivity contribution in [3.05, 3.63) is 11.1 Å². The topological polar surface area (TPSA) is 108 Å². The largest absolute Gasteiger partial charge is 0.481 e. The Hall–Kier alpha value is -1.96. The first-order valence-corrected chi connectivity index (χ1v) is 6.85. The zero-order valence-electron chi connectivity index (χ0n) is 11.5. The zero-order chi connectivity index (χ0) is 15.3. The van der Waals surface area contributed by atoms with E-state index >= 15 is 0 Å². The van der Waals surface area contributed by atoms with Crippen LogP contribution in [0.3, 0.4) is 0 Å². The maximum atomic E-state index is 12.0. The molecule has 0 saturated heterocycles. The minimum atomic E-state index is -0.908. The number of amides is 2. The number of carboxylic acids is 1. The fraction of sp³-hybridized carbons (Fsp3) is 0.500. The molecule has 0 radical (unpaired) electrons. The lowest BCUT2D eigenvalue weighted by molar-refractivity contribution is -0.137. The second-order valence-corrected chi connectivity index (χ2v) is 5.81. The van der Waals surface area contributed by atoms with E-state index in [-0.39, 0.29) is 18.0 Å². The quantitative estimate of drug-likeness (QED) is 0.737. The number of hydrogen-bond acceptors (Lipinski definition) is 5. The molecule has 0 saturated carbocycles. The van der Waals surface area contributed by atoms with Crippen LogP contribution in [0.4, 0.5) is 5.13 Å². The fourth-order valence-corrected chi connectivity index (χ4v) is 2.18. The highest BCUT2D eigenvalue weighted by Gasteiger charge is 2.23. The average molecular weight is 299 g/mol. The van der Waals surface area contributed by atoms with Crippen molar-refractivity contribution in [1.29, 1.82) is 0 Å². The molecule has 0 aromatic carbocycles. The van der Waals surface area contributed by atoms with E-state index < -0.39 is 17.4 Å². The first-order chi connectivity index (χ1) is 9.19. The van der Waals surface area contributed by atoms with Crippen molar-refractivity contribution in [2.45, 2.75) is 39.2 Å². The molecule has 7 nitrogen and oxygen atoms in total. The lowest BCUT2D eigenvalue weighted by Crippen LogP contribution is -2.43. The Morgan fingerprint density at radius 3 is 2.60 bits per heavy atom. The van der Waals surface area contributed by atoms with E-state index in [2.05, 4.69) is 15.6 Å². The van der Waals surface area contributed by atoms with Gasteiger partial charge in [0.05, 0.1) is 0 Å². The van der Waals surface area contributed by atoms with Gasteiger partial charge < -0.3 is 15.7 Å². The number of thiazole rings is 1. The molecule has 0 fully saturated rings. The number of nitrogens with zero attached hydrogens (tertiary/aromatic N) is 1. The van der Waals surface area contributed by atoms with Crippen LogP contribution in [0, 0.1) is 0 Å². The Labute approximate surface area is 120 Å². The van der Waals surface area contributed by atoms with E-state index in [4.69, 9.17) is 5.11 Å². The Bertz CT molecular complexity index is 525. The molecule has 0 spiro atoms. The second-order valence-electron chi connectivity index (χ2n) is 4.95. The van der Waals surface area contributed by atoms with E-state index in [9.17, 15) is 14.4 Å². The standard InChI is InChI=1S/C12H17N3O4S/c1-7(16)13-11-14-8(6-20-11)10(19)15-12(2,3)5-4-9(17)18/h6H,4-5H2,1-3H3,(H,15,19)(H,17,18)(H,13,14,16). The van der Waals surface area contributed by atoms with Crippen molar-refractivity contribution < 1.29 is 19.5 Å². The summed E-state index contributed by atoms with van der Waals surface area (Å²) in [7, 11) is 0. The Kier molecular flexibility index (Phi) is 5.20. The smallest absolute Gasteiger partial charge is 0.303 e. The predicted octanol–water partition coefficient (Wildman–Crippen LogP) is 1.47. The first-order valence-electron chi connectivity index (χ1n) is 5.97. The van der Waals surface area contributed by atoms with E-state index in [0.717, 1.165) is 11.3 Å². The Balaban J connectivity index is 2.63. The number of nitrogens with one attached hydrogen (secondary N) is 2. The number of aliphatic carboxylic acids is 1. The van der Waals surface area contributed by atoms with Gasteiger partial charge in [0.25, 0.3) is 5.91 Å². The molecule has 1 rings (SSSR count). The maximum absolute atomic E-state index is 12.0. The van der Waals surface area contributed by atoms with Gasteiger partial charge in [-0.15, -0.1) is 11.3 Å². The summed E-state index contributed by atoms with van der Waals surface area (Å²) in [6.45, 7) is 4.85. The van der Waals surface area contributed by atoms with Gasteiger partial charge in [0.2, 0.25) is 5.91 Å². The number of carbonyl (C=O) groups excluding carboxylic acids is 2.